The molecule has 4 rings (SSSR count). The summed E-state index contributed by atoms with van der Waals surface area (Å²) in [6.07, 6.45) is 5.02. The number of carbonyl (C=O) groups is 1. The monoisotopic (exact) mass is 363 g/mol. The van der Waals surface area contributed by atoms with E-state index in [1.807, 2.05) is 19.9 Å². The Labute approximate surface area is 154 Å². The van der Waals surface area contributed by atoms with Gasteiger partial charge < -0.3 is 9.63 Å². The van der Waals surface area contributed by atoms with E-state index < -0.39 is 5.97 Å². The Kier molecular flexibility index (Phi) is 3.95. The van der Waals surface area contributed by atoms with Crippen molar-refractivity contribution in [3.63, 3.8) is 0 Å². The summed E-state index contributed by atoms with van der Waals surface area (Å²) in [5.41, 5.74) is 3.41. The number of rotatable bonds is 4. The highest BCUT2D eigenvalue weighted by molar-refractivity contribution is 6.09. The minimum absolute atomic E-state index is 0.0545. The molecule has 0 radical (unpaired) electrons. The Balaban J connectivity index is 2.17. The van der Waals surface area contributed by atoms with Crippen LogP contribution in [0, 0.1) is 13.8 Å². The van der Waals surface area contributed by atoms with Crippen LogP contribution in [-0.4, -0.2) is 36.0 Å². The van der Waals surface area contributed by atoms with Crippen LogP contribution in [0.3, 0.4) is 0 Å². The Bertz CT molecular complexity index is 1180. The van der Waals surface area contributed by atoms with Crippen molar-refractivity contribution in [1.29, 1.82) is 0 Å². The fraction of sp³-hybridized carbons (Fsp3) is 0.211. The van der Waals surface area contributed by atoms with E-state index >= 15 is 0 Å². The standard InChI is InChI=1S/C19H17N5O3/c1-4-24-18-13(9-21-24)15(12-5-10(2)7-20-8-12)16(19(25)26)17(22-18)14-6-11(3)27-23-14/h5-9H,4H2,1-3H3,(H,25,26). The summed E-state index contributed by atoms with van der Waals surface area (Å²) in [5, 5.41) is 19.0. The molecule has 4 heterocycles. The fourth-order valence-corrected chi connectivity index (χ4v) is 3.18. The number of carboxylic acid groups (broad SMARTS) is 1. The molecule has 4 aromatic heterocycles. The van der Waals surface area contributed by atoms with Gasteiger partial charge in [-0.15, -0.1) is 0 Å². The van der Waals surface area contributed by atoms with Gasteiger partial charge >= 0.3 is 5.97 Å². The summed E-state index contributed by atoms with van der Waals surface area (Å²) in [5.74, 6) is -0.521. The highest BCUT2D eigenvalue weighted by Crippen LogP contribution is 2.36. The second-order valence-electron chi connectivity index (χ2n) is 6.29. The van der Waals surface area contributed by atoms with Crippen LogP contribution in [0.25, 0.3) is 33.5 Å². The number of aromatic nitrogens is 5. The van der Waals surface area contributed by atoms with Gasteiger partial charge in [-0.25, -0.2) is 14.5 Å². The van der Waals surface area contributed by atoms with Gasteiger partial charge in [-0.1, -0.05) is 5.16 Å². The third-order valence-corrected chi connectivity index (χ3v) is 4.33. The lowest BCUT2D eigenvalue weighted by Crippen LogP contribution is -2.08. The molecule has 27 heavy (non-hydrogen) atoms. The molecule has 0 spiro atoms. The molecule has 0 unspecified atom stereocenters. The first-order valence-corrected chi connectivity index (χ1v) is 8.48. The van der Waals surface area contributed by atoms with Crippen molar-refractivity contribution in [3.8, 4) is 22.5 Å². The van der Waals surface area contributed by atoms with Crippen molar-refractivity contribution in [3.05, 3.63) is 47.6 Å². The smallest absolute Gasteiger partial charge is 0.338 e. The normalized spacial score (nSPS) is 11.2. The van der Waals surface area contributed by atoms with Crippen LogP contribution in [0.2, 0.25) is 0 Å². The highest BCUT2D eigenvalue weighted by atomic mass is 16.5. The van der Waals surface area contributed by atoms with Gasteiger partial charge in [0, 0.05) is 41.5 Å². The summed E-state index contributed by atoms with van der Waals surface area (Å²) in [4.78, 5) is 21.1. The van der Waals surface area contributed by atoms with E-state index in [0.29, 0.717) is 40.2 Å². The molecule has 0 aliphatic heterocycles. The lowest BCUT2D eigenvalue weighted by Gasteiger charge is -2.12. The second kappa shape index (κ2) is 6.31. The number of fused-ring (bicyclic) bond motifs is 1. The average Bonchev–Trinajstić information content (AvgIpc) is 3.25. The molecular formula is C19H17N5O3. The summed E-state index contributed by atoms with van der Waals surface area (Å²) in [6, 6.07) is 3.57. The summed E-state index contributed by atoms with van der Waals surface area (Å²) < 4.78 is 6.88. The van der Waals surface area contributed by atoms with E-state index in [1.165, 1.54) is 0 Å². The zero-order valence-corrected chi connectivity index (χ0v) is 15.1. The molecule has 0 aliphatic rings. The molecule has 0 fully saturated rings. The first-order valence-electron chi connectivity index (χ1n) is 8.48. The van der Waals surface area contributed by atoms with Gasteiger partial charge in [-0.2, -0.15) is 5.10 Å². The summed E-state index contributed by atoms with van der Waals surface area (Å²) in [6.45, 7) is 6.21. The largest absolute Gasteiger partial charge is 0.478 e. The highest BCUT2D eigenvalue weighted by Gasteiger charge is 2.26. The third-order valence-electron chi connectivity index (χ3n) is 4.33. The maximum atomic E-state index is 12.3. The van der Waals surface area contributed by atoms with Gasteiger partial charge in [-0.3, -0.25) is 4.98 Å². The Morgan fingerprint density at radius 2 is 2.04 bits per heavy atom. The molecule has 8 heteroatoms. The van der Waals surface area contributed by atoms with Crippen molar-refractivity contribution >= 4 is 17.0 Å². The molecule has 0 amide bonds. The quantitative estimate of drug-likeness (QED) is 0.591. The van der Waals surface area contributed by atoms with Gasteiger partial charge in [0.2, 0.25) is 0 Å². The second-order valence-corrected chi connectivity index (χ2v) is 6.29. The topological polar surface area (TPSA) is 107 Å². The maximum Gasteiger partial charge on any atom is 0.338 e. The molecule has 0 aromatic carbocycles. The van der Waals surface area contributed by atoms with Crippen molar-refractivity contribution in [2.45, 2.75) is 27.3 Å². The minimum atomic E-state index is -1.10. The summed E-state index contributed by atoms with van der Waals surface area (Å²) >= 11 is 0. The van der Waals surface area contributed by atoms with Crippen molar-refractivity contribution < 1.29 is 14.4 Å². The van der Waals surface area contributed by atoms with Gasteiger partial charge in [0.05, 0.1) is 11.8 Å². The number of pyridine rings is 2. The molecule has 8 nitrogen and oxygen atoms in total. The van der Waals surface area contributed by atoms with Crippen LogP contribution in [0.1, 0.15) is 28.6 Å². The number of carboxylic acids is 1. The van der Waals surface area contributed by atoms with Crippen molar-refractivity contribution in [1.82, 2.24) is 24.9 Å². The van der Waals surface area contributed by atoms with Crippen LogP contribution >= 0.6 is 0 Å². The molecule has 4 aromatic rings. The SMILES string of the molecule is CCn1ncc2c(-c3cncc(C)c3)c(C(=O)O)c(-c3cc(C)on3)nc21. The number of hydrogen-bond acceptors (Lipinski definition) is 6. The van der Waals surface area contributed by atoms with Crippen LogP contribution in [0.4, 0.5) is 0 Å². The molecule has 136 valence electrons. The van der Waals surface area contributed by atoms with E-state index in [9.17, 15) is 9.90 Å². The van der Waals surface area contributed by atoms with Gasteiger partial charge in [-0.05, 0) is 32.4 Å². The third kappa shape index (κ3) is 2.75. The Hall–Kier alpha value is -3.55. The molecular weight excluding hydrogens is 346 g/mol. The van der Waals surface area contributed by atoms with Crippen LogP contribution in [-0.2, 0) is 6.54 Å². The van der Waals surface area contributed by atoms with E-state index in [2.05, 4.69) is 20.2 Å². The molecule has 0 aliphatic carbocycles. The summed E-state index contributed by atoms with van der Waals surface area (Å²) in [7, 11) is 0. The Morgan fingerprint density at radius 3 is 2.67 bits per heavy atom. The van der Waals surface area contributed by atoms with Crippen molar-refractivity contribution in [2.75, 3.05) is 0 Å². The zero-order valence-electron chi connectivity index (χ0n) is 15.1. The number of aromatic carboxylic acids is 1. The lowest BCUT2D eigenvalue weighted by atomic mass is 9.95. The van der Waals surface area contributed by atoms with E-state index in [-0.39, 0.29) is 11.3 Å². The van der Waals surface area contributed by atoms with E-state index in [4.69, 9.17) is 4.52 Å². The van der Waals surface area contributed by atoms with Crippen LogP contribution in [0.15, 0.2) is 35.2 Å². The zero-order chi connectivity index (χ0) is 19.1. The van der Waals surface area contributed by atoms with Gasteiger partial charge in [0.1, 0.15) is 17.1 Å². The molecule has 0 saturated carbocycles. The fourth-order valence-electron chi connectivity index (χ4n) is 3.18. The number of hydrogen-bond donors (Lipinski definition) is 1. The van der Waals surface area contributed by atoms with Crippen LogP contribution in [0.5, 0.6) is 0 Å². The predicted octanol–water partition coefficient (Wildman–Crippen LogP) is 3.48. The maximum absolute atomic E-state index is 12.3. The average molecular weight is 363 g/mol. The van der Waals surface area contributed by atoms with Gasteiger partial charge in [0.15, 0.2) is 5.65 Å². The Morgan fingerprint density at radius 1 is 1.22 bits per heavy atom. The molecule has 0 bridgehead atoms. The molecule has 1 N–H and O–H groups in total. The van der Waals surface area contributed by atoms with E-state index in [1.54, 1.807) is 36.3 Å². The first kappa shape index (κ1) is 16.9. The lowest BCUT2D eigenvalue weighted by molar-refractivity contribution is 0.0698. The number of aryl methyl sites for hydroxylation is 3. The van der Waals surface area contributed by atoms with Crippen LogP contribution < -0.4 is 0 Å². The minimum Gasteiger partial charge on any atom is -0.478 e. The molecule has 0 atom stereocenters. The first-order chi connectivity index (χ1) is 13.0. The van der Waals surface area contributed by atoms with Gasteiger partial charge in [0.25, 0.3) is 0 Å². The van der Waals surface area contributed by atoms with Crippen molar-refractivity contribution in [2.24, 2.45) is 0 Å². The van der Waals surface area contributed by atoms with E-state index in [0.717, 1.165) is 5.56 Å². The number of nitrogens with zero attached hydrogens (tertiary/aromatic N) is 5. The molecule has 0 saturated heterocycles. The predicted molar refractivity (Wildman–Crippen MR) is 98.4 cm³/mol.